The molecule has 3 rings (SSSR count). The zero-order valence-electron chi connectivity index (χ0n) is 10.7. The number of Topliss-reactive ketones (excluding diaryl/α,β-unsaturated/α-hetero) is 1. The monoisotopic (exact) mass is 244 g/mol. The van der Waals surface area contributed by atoms with Crippen LogP contribution in [0.15, 0.2) is 24.3 Å². The molecule has 1 fully saturated rings. The maximum absolute atomic E-state index is 12.2. The number of hydrogen-bond acceptors (Lipinski definition) is 2. The molecule has 0 N–H and O–H groups in total. The average molecular weight is 244 g/mol. The van der Waals surface area contributed by atoms with E-state index in [1.807, 2.05) is 0 Å². The summed E-state index contributed by atoms with van der Waals surface area (Å²) in [6.07, 6.45) is 6.15. The maximum Gasteiger partial charge on any atom is 0.136 e. The zero-order chi connectivity index (χ0) is 12.4. The van der Waals surface area contributed by atoms with Crippen LogP contribution in [0.3, 0.4) is 0 Å². The molecule has 1 atom stereocenters. The average Bonchev–Trinajstić information content (AvgIpc) is 3.04. The van der Waals surface area contributed by atoms with Gasteiger partial charge in [0.2, 0.25) is 0 Å². The Morgan fingerprint density at radius 1 is 1.22 bits per heavy atom. The number of carbonyl (C=O) groups excluding carboxylic acids is 1. The highest BCUT2D eigenvalue weighted by molar-refractivity contribution is 5.82. The van der Waals surface area contributed by atoms with Crippen molar-refractivity contribution in [1.82, 2.24) is 0 Å². The van der Waals surface area contributed by atoms with Crippen LogP contribution in [0, 0.1) is 5.92 Å². The van der Waals surface area contributed by atoms with Crippen molar-refractivity contribution in [3.05, 3.63) is 35.4 Å². The minimum Gasteiger partial charge on any atom is -0.378 e. The lowest BCUT2D eigenvalue weighted by Crippen LogP contribution is -2.17. The number of rotatable bonds is 4. The van der Waals surface area contributed by atoms with Crippen LogP contribution < -0.4 is 0 Å². The molecule has 0 aromatic heterocycles. The third kappa shape index (κ3) is 2.49. The van der Waals surface area contributed by atoms with E-state index in [1.54, 1.807) is 0 Å². The van der Waals surface area contributed by atoms with Crippen molar-refractivity contribution in [1.29, 1.82) is 0 Å². The first kappa shape index (κ1) is 11.9. The van der Waals surface area contributed by atoms with Gasteiger partial charge in [-0.15, -0.1) is 0 Å². The fourth-order valence-corrected chi connectivity index (χ4v) is 3.17. The summed E-state index contributed by atoms with van der Waals surface area (Å²) in [6, 6.07) is 8.45. The Kier molecular flexibility index (Phi) is 3.46. The van der Waals surface area contributed by atoms with Gasteiger partial charge in [-0.2, -0.15) is 0 Å². The van der Waals surface area contributed by atoms with Crippen molar-refractivity contribution in [3.63, 3.8) is 0 Å². The van der Waals surface area contributed by atoms with Gasteiger partial charge >= 0.3 is 0 Å². The lowest BCUT2D eigenvalue weighted by Gasteiger charge is -2.11. The van der Waals surface area contributed by atoms with Gasteiger partial charge in [-0.25, -0.2) is 0 Å². The van der Waals surface area contributed by atoms with Gasteiger partial charge in [0, 0.05) is 18.9 Å². The van der Waals surface area contributed by atoms with E-state index in [2.05, 4.69) is 24.3 Å². The molecule has 2 aliphatic rings. The second kappa shape index (κ2) is 5.23. The van der Waals surface area contributed by atoms with Gasteiger partial charge in [-0.05, 0) is 43.2 Å². The summed E-state index contributed by atoms with van der Waals surface area (Å²) in [5.74, 6) is 0.658. The first-order chi connectivity index (χ1) is 8.83. The number of carbonyl (C=O) groups is 1. The minimum atomic E-state index is 0.226. The van der Waals surface area contributed by atoms with Crippen LogP contribution in [0.2, 0.25) is 0 Å². The molecule has 1 heterocycles. The summed E-state index contributed by atoms with van der Waals surface area (Å²) < 4.78 is 5.58. The molecule has 96 valence electrons. The normalized spacial score (nSPS) is 23.2. The predicted octanol–water partition coefficient (Wildman–Crippen LogP) is 2.93. The molecule has 0 spiro atoms. The first-order valence-corrected chi connectivity index (χ1v) is 7.04. The molecule has 0 amide bonds. The van der Waals surface area contributed by atoms with E-state index < -0.39 is 0 Å². The molecule has 1 aromatic rings. The van der Waals surface area contributed by atoms with E-state index in [0.717, 1.165) is 38.7 Å². The van der Waals surface area contributed by atoms with Crippen LogP contribution in [0.5, 0.6) is 0 Å². The Hall–Kier alpha value is -1.15. The summed E-state index contributed by atoms with van der Waals surface area (Å²) in [5, 5.41) is 0. The summed E-state index contributed by atoms with van der Waals surface area (Å²) in [6.45, 7) is 0.883. The van der Waals surface area contributed by atoms with Gasteiger partial charge in [0.25, 0.3) is 0 Å². The lowest BCUT2D eigenvalue weighted by atomic mass is 9.96. The standard InChI is InChI=1S/C16H20O2/c17-16(8-7-15-6-3-9-18-15)14-10-12-4-1-2-5-13(12)11-14/h1-2,4-5,14-15H,3,6-11H2. The van der Waals surface area contributed by atoms with Crippen molar-refractivity contribution in [2.45, 2.75) is 44.6 Å². The third-order valence-corrected chi connectivity index (χ3v) is 4.24. The molecule has 0 saturated carbocycles. The predicted molar refractivity (Wildman–Crippen MR) is 70.6 cm³/mol. The smallest absolute Gasteiger partial charge is 0.136 e. The molecular weight excluding hydrogens is 224 g/mol. The highest BCUT2D eigenvalue weighted by Gasteiger charge is 2.27. The summed E-state index contributed by atoms with van der Waals surface area (Å²) in [5.41, 5.74) is 2.74. The number of benzene rings is 1. The molecule has 1 aliphatic heterocycles. The molecule has 18 heavy (non-hydrogen) atoms. The number of fused-ring (bicyclic) bond motifs is 1. The van der Waals surface area contributed by atoms with Crippen LogP contribution in [0.25, 0.3) is 0 Å². The summed E-state index contributed by atoms with van der Waals surface area (Å²) in [7, 11) is 0. The Bertz CT molecular complexity index is 407. The molecule has 2 nitrogen and oxygen atoms in total. The highest BCUT2D eigenvalue weighted by Crippen LogP contribution is 2.28. The van der Waals surface area contributed by atoms with Gasteiger partial charge in [0.05, 0.1) is 6.10 Å². The van der Waals surface area contributed by atoms with Crippen molar-refractivity contribution in [2.24, 2.45) is 5.92 Å². The van der Waals surface area contributed by atoms with Crippen molar-refractivity contribution >= 4 is 5.78 Å². The van der Waals surface area contributed by atoms with Gasteiger partial charge < -0.3 is 4.74 Å². The third-order valence-electron chi connectivity index (χ3n) is 4.24. The highest BCUT2D eigenvalue weighted by atomic mass is 16.5. The molecule has 0 bridgehead atoms. The largest absolute Gasteiger partial charge is 0.378 e. The molecule has 0 radical (unpaired) electrons. The number of hydrogen-bond donors (Lipinski definition) is 0. The van der Waals surface area contributed by atoms with Crippen LogP contribution >= 0.6 is 0 Å². The fraction of sp³-hybridized carbons (Fsp3) is 0.562. The summed E-state index contributed by atoms with van der Waals surface area (Å²) >= 11 is 0. The van der Waals surface area contributed by atoms with Gasteiger partial charge in [0.1, 0.15) is 5.78 Å². The second-order valence-corrected chi connectivity index (χ2v) is 5.51. The van der Waals surface area contributed by atoms with Gasteiger partial charge in [-0.1, -0.05) is 24.3 Å². The Morgan fingerprint density at radius 3 is 2.56 bits per heavy atom. The van der Waals surface area contributed by atoms with Crippen molar-refractivity contribution < 1.29 is 9.53 Å². The molecule has 1 aromatic carbocycles. The minimum absolute atomic E-state index is 0.226. The van der Waals surface area contributed by atoms with E-state index in [9.17, 15) is 4.79 Å². The lowest BCUT2D eigenvalue weighted by molar-refractivity contribution is -0.123. The Morgan fingerprint density at radius 2 is 1.94 bits per heavy atom. The summed E-state index contributed by atoms with van der Waals surface area (Å²) in [4.78, 5) is 12.2. The molecular formula is C16H20O2. The molecule has 1 saturated heterocycles. The second-order valence-electron chi connectivity index (χ2n) is 5.51. The van der Waals surface area contributed by atoms with Crippen LogP contribution in [0.4, 0.5) is 0 Å². The van der Waals surface area contributed by atoms with Crippen molar-refractivity contribution in [3.8, 4) is 0 Å². The fourth-order valence-electron chi connectivity index (χ4n) is 3.17. The van der Waals surface area contributed by atoms with Crippen LogP contribution in [-0.4, -0.2) is 18.5 Å². The molecule has 1 aliphatic carbocycles. The topological polar surface area (TPSA) is 26.3 Å². The van der Waals surface area contributed by atoms with E-state index in [-0.39, 0.29) is 5.92 Å². The van der Waals surface area contributed by atoms with Crippen molar-refractivity contribution in [2.75, 3.05) is 6.61 Å². The van der Waals surface area contributed by atoms with E-state index in [0.29, 0.717) is 18.3 Å². The first-order valence-electron chi connectivity index (χ1n) is 7.04. The SMILES string of the molecule is O=C(CCC1CCCO1)C1Cc2ccccc2C1. The van der Waals surface area contributed by atoms with Gasteiger partial charge in [-0.3, -0.25) is 4.79 Å². The zero-order valence-corrected chi connectivity index (χ0v) is 10.7. The van der Waals surface area contributed by atoms with E-state index >= 15 is 0 Å². The quantitative estimate of drug-likeness (QED) is 0.814. The number of ether oxygens (including phenoxy) is 1. The van der Waals surface area contributed by atoms with Gasteiger partial charge in [0.15, 0.2) is 0 Å². The maximum atomic E-state index is 12.2. The Labute approximate surface area is 108 Å². The van der Waals surface area contributed by atoms with Crippen LogP contribution in [-0.2, 0) is 22.4 Å². The molecule has 2 heteroatoms. The molecule has 1 unspecified atom stereocenters. The van der Waals surface area contributed by atoms with E-state index in [1.165, 1.54) is 11.1 Å². The number of ketones is 1. The Balaban J connectivity index is 1.52. The van der Waals surface area contributed by atoms with Crippen LogP contribution in [0.1, 0.15) is 36.8 Å². The van der Waals surface area contributed by atoms with E-state index in [4.69, 9.17) is 4.74 Å².